The Morgan fingerprint density at radius 3 is 2.69 bits per heavy atom. The highest BCUT2D eigenvalue weighted by Gasteiger charge is 2.17. The van der Waals surface area contributed by atoms with Crippen molar-refractivity contribution in [1.29, 1.82) is 0 Å². The summed E-state index contributed by atoms with van der Waals surface area (Å²) in [4.78, 5) is 13.5. The summed E-state index contributed by atoms with van der Waals surface area (Å²) in [6.45, 7) is 10.6. The Morgan fingerprint density at radius 2 is 2.06 bits per heavy atom. The van der Waals surface area contributed by atoms with E-state index in [0.29, 0.717) is 11.3 Å². The van der Waals surface area contributed by atoms with E-state index in [2.05, 4.69) is 26.1 Å². The van der Waals surface area contributed by atoms with Gasteiger partial charge in [0, 0.05) is 19.5 Å². The molecular formula is C13H26N2O. The van der Waals surface area contributed by atoms with Gasteiger partial charge in [-0.1, -0.05) is 20.8 Å². The second-order valence-electron chi connectivity index (χ2n) is 5.93. The van der Waals surface area contributed by atoms with Gasteiger partial charge in [0.15, 0.2) is 0 Å². The molecule has 94 valence electrons. The van der Waals surface area contributed by atoms with Gasteiger partial charge in [0.05, 0.1) is 0 Å². The maximum absolute atomic E-state index is 11.5. The number of rotatable bonds is 5. The smallest absolute Gasteiger partial charge is 0.222 e. The van der Waals surface area contributed by atoms with Gasteiger partial charge in [-0.05, 0) is 37.8 Å². The maximum atomic E-state index is 11.5. The summed E-state index contributed by atoms with van der Waals surface area (Å²) >= 11 is 0. The van der Waals surface area contributed by atoms with E-state index in [-0.39, 0.29) is 0 Å². The van der Waals surface area contributed by atoms with Gasteiger partial charge < -0.3 is 10.2 Å². The van der Waals surface area contributed by atoms with Crippen LogP contribution in [-0.2, 0) is 4.79 Å². The van der Waals surface area contributed by atoms with Gasteiger partial charge in [0.1, 0.15) is 0 Å². The third-order valence-corrected chi connectivity index (χ3v) is 2.86. The highest BCUT2D eigenvalue weighted by Crippen LogP contribution is 2.11. The molecule has 0 aromatic heterocycles. The highest BCUT2D eigenvalue weighted by atomic mass is 16.2. The molecule has 16 heavy (non-hydrogen) atoms. The first-order valence-electron chi connectivity index (χ1n) is 6.47. The predicted molar refractivity (Wildman–Crippen MR) is 67.4 cm³/mol. The third-order valence-electron chi connectivity index (χ3n) is 2.86. The van der Waals surface area contributed by atoms with E-state index >= 15 is 0 Å². The Kier molecular flexibility index (Phi) is 5.26. The normalized spacial score (nSPS) is 17.9. The Hall–Kier alpha value is -0.570. The first-order chi connectivity index (χ1) is 7.49. The van der Waals surface area contributed by atoms with Crippen molar-refractivity contribution in [3.05, 3.63) is 0 Å². The first kappa shape index (κ1) is 13.5. The molecule has 0 unspecified atom stereocenters. The van der Waals surface area contributed by atoms with Crippen molar-refractivity contribution in [3.63, 3.8) is 0 Å². The summed E-state index contributed by atoms with van der Waals surface area (Å²) < 4.78 is 0. The molecule has 0 spiro atoms. The molecule has 0 bridgehead atoms. The van der Waals surface area contributed by atoms with Crippen LogP contribution in [0.4, 0.5) is 0 Å². The fraction of sp³-hybridized carbons (Fsp3) is 0.923. The monoisotopic (exact) mass is 226 g/mol. The summed E-state index contributed by atoms with van der Waals surface area (Å²) in [5.41, 5.74) is 0.348. The molecule has 1 aliphatic rings. The number of hydrogen-bond acceptors (Lipinski definition) is 2. The fourth-order valence-electron chi connectivity index (χ4n) is 1.96. The van der Waals surface area contributed by atoms with Gasteiger partial charge >= 0.3 is 0 Å². The van der Waals surface area contributed by atoms with Gasteiger partial charge in [-0.3, -0.25) is 4.79 Å². The summed E-state index contributed by atoms with van der Waals surface area (Å²) in [6, 6.07) is 0. The van der Waals surface area contributed by atoms with E-state index in [1.807, 2.05) is 4.90 Å². The van der Waals surface area contributed by atoms with Crippen LogP contribution >= 0.6 is 0 Å². The van der Waals surface area contributed by atoms with Gasteiger partial charge in [-0.25, -0.2) is 0 Å². The van der Waals surface area contributed by atoms with Gasteiger partial charge in [0.2, 0.25) is 5.91 Å². The van der Waals surface area contributed by atoms with Gasteiger partial charge in [0.25, 0.3) is 0 Å². The average molecular weight is 226 g/mol. The van der Waals surface area contributed by atoms with Crippen LogP contribution in [0, 0.1) is 5.41 Å². The number of likely N-dealkylation sites (tertiary alicyclic amines) is 1. The SMILES string of the molecule is CC(C)(C)CNCCCN1CCCCC1=O. The molecule has 1 rings (SSSR count). The van der Waals surface area contributed by atoms with Crippen molar-refractivity contribution in [2.75, 3.05) is 26.2 Å². The molecule has 1 fully saturated rings. The third kappa shape index (κ3) is 5.50. The zero-order valence-electron chi connectivity index (χ0n) is 11.0. The minimum Gasteiger partial charge on any atom is -0.343 e. The number of nitrogens with one attached hydrogen (secondary N) is 1. The number of hydrogen-bond donors (Lipinski definition) is 1. The molecule has 0 radical (unpaired) electrons. The molecule has 1 amide bonds. The lowest BCUT2D eigenvalue weighted by molar-refractivity contribution is -0.133. The molecule has 1 heterocycles. The summed E-state index contributed by atoms with van der Waals surface area (Å²) in [5, 5.41) is 3.44. The molecule has 1 N–H and O–H groups in total. The number of carbonyl (C=O) groups is 1. The van der Waals surface area contributed by atoms with E-state index in [9.17, 15) is 4.79 Å². The van der Waals surface area contributed by atoms with Gasteiger partial charge in [-0.2, -0.15) is 0 Å². The van der Waals surface area contributed by atoms with E-state index < -0.39 is 0 Å². The summed E-state index contributed by atoms with van der Waals surface area (Å²) in [6.07, 6.45) is 4.09. The quantitative estimate of drug-likeness (QED) is 0.727. The Labute approximate surface area is 99.6 Å². The molecule has 0 atom stereocenters. The lowest BCUT2D eigenvalue weighted by Gasteiger charge is -2.27. The predicted octanol–water partition coefficient (Wildman–Crippen LogP) is 2.02. The highest BCUT2D eigenvalue weighted by molar-refractivity contribution is 5.76. The molecule has 0 aromatic rings. The first-order valence-corrected chi connectivity index (χ1v) is 6.47. The molecule has 0 aliphatic carbocycles. The van der Waals surface area contributed by atoms with Crippen LogP contribution in [0.3, 0.4) is 0 Å². The van der Waals surface area contributed by atoms with E-state index in [0.717, 1.165) is 45.4 Å². The van der Waals surface area contributed by atoms with Crippen LogP contribution in [0.15, 0.2) is 0 Å². The van der Waals surface area contributed by atoms with Crippen molar-refractivity contribution in [2.24, 2.45) is 5.41 Å². The largest absolute Gasteiger partial charge is 0.343 e. The molecule has 0 aromatic carbocycles. The maximum Gasteiger partial charge on any atom is 0.222 e. The number of amides is 1. The second kappa shape index (κ2) is 6.24. The van der Waals surface area contributed by atoms with Crippen molar-refractivity contribution in [3.8, 4) is 0 Å². The van der Waals surface area contributed by atoms with E-state index in [4.69, 9.17) is 0 Å². The Balaban J connectivity index is 2.04. The Bertz CT molecular complexity index is 220. The van der Waals surface area contributed by atoms with Crippen LogP contribution in [0.25, 0.3) is 0 Å². The van der Waals surface area contributed by atoms with Crippen LogP contribution in [-0.4, -0.2) is 37.0 Å². The summed E-state index contributed by atoms with van der Waals surface area (Å²) in [5.74, 6) is 0.349. The van der Waals surface area contributed by atoms with Crippen LogP contribution in [0.2, 0.25) is 0 Å². The number of carbonyl (C=O) groups excluding carboxylic acids is 1. The van der Waals surface area contributed by atoms with Gasteiger partial charge in [-0.15, -0.1) is 0 Å². The average Bonchev–Trinajstić information content (AvgIpc) is 2.18. The molecule has 1 saturated heterocycles. The zero-order chi connectivity index (χ0) is 12.0. The molecule has 0 saturated carbocycles. The number of nitrogens with zero attached hydrogens (tertiary/aromatic N) is 1. The standard InChI is InChI=1S/C13H26N2O/c1-13(2,3)11-14-8-6-10-15-9-5-4-7-12(15)16/h14H,4-11H2,1-3H3. The summed E-state index contributed by atoms with van der Waals surface area (Å²) in [7, 11) is 0. The van der Waals surface area contributed by atoms with Crippen molar-refractivity contribution in [2.45, 2.75) is 46.5 Å². The van der Waals surface area contributed by atoms with Crippen LogP contribution < -0.4 is 5.32 Å². The van der Waals surface area contributed by atoms with Crippen molar-refractivity contribution >= 4 is 5.91 Å². The second-order valence-corrected chi connectivity index (χ2v) is 5.93. The minimum atomic E-state index is 0.348. The lowest BCUT2D eigenvalue weighted by Crippen LogP contribution is -2.37. The number of piperidine rings is 1. The molecule has 3 nitrogen and oxygen atoms in total. The van der Waals surface area contributed by atoms with Crippen LogP contribution in [0.1, 0.15) is 46.5 Å². The van der Waals surface area contributed by atoms with E-state index in [1.165, 1.54) is 6.42 Å². The molecular weight excluding hydrogens is 200 g/mol. The molecule has 3 heteroatoms. The lowest BCUT2D eigenvalue weighted by atomic mass is 9.97. The van der Waals surface area contributed by atoms with Crippen molar-refractivity contribution in [1.82, 2.24) is 10.2 Å². The van der Waals surface area contributed by atoms with E-state index in [1.54, 1.807) is 0 Å². The zero-order valence-corrected chi connectivity index (χ0v) is 11.0. The Morgan fingerprint density at radius 1 is 1.31 bits per heavy atom. The topological polar surface area (TPSA) is 32.3 Å². The minimum absolute atomic E-state index is 0.348. The fourth-order valence-corrected chi connectivity index (χ4v) is 1.96. The van der Waals surface area contributed by atoms with Crippen molar-refractivity contribution < 1.29 is 4.79 Å². The molecule has 1 aliphatic heterocycles. The van der Waals surface area contributed by atoms with Crippen LogP contribution in [0.5, 0.6) is 0 Å².